The van der Waals surface area contributed by atoms with Gasteiger partial charge in [-0.3, -0.25) is 0 Å². The van der Waals surface area contributed by atoms with E-state index in [1.165, 1.54) is 0 Å². The largest absolute Gasteiger partial charge is 0.505 e. The number of fused-ring (bicyclic) bond motifs is 1. The second kappa shape index (κ2) is 7.09. The van der Waals surface area contributed by atoms with Gasteiger partial charge in [-0.25, -0.2) is 15.0 Å². The predicted molar refractivity (Wildman–Crippen MR) is 113 cm³/mol. The molecule has 2 aromatic heterocycles. The molecule has 0 saturated heterocycles. The standard InChI is InChI=1S/C22H22N6O/c1-11-10-12(2)20(29)19-18(11)15(5)23-21(26-19)16-8-6-7-9-17(16)27-28-22-24-13(3)14(4)25-22/h6-10,29H,1-5H3,(H,24,25). The highest BCUT2D eigenvalue weighted by Gasteiger charge is 2.16. The molecule has 0 atom stereocenters. The average molecular weight is 386 g/mol. The molecule has 0 aliphatic carbocycles. The average Bonchev–Trinajstić information content (AvgIpc) is 3.01. The molecule has 0 aliphatic rings. The van der Waals surface area contributed by atoms with Gasteiger partial charge in [-0.15, -0.1) is 10.2 Å². The molecule has 4 aromatic rings. The van der Waals surface area contributed by atoms with Crippen LogP contribution in [-0.4, -0.2) is 25.0 Å². The second-order valence-corrected chi connectivity index (χ2v) is 7.20. The first-order chi connectivity index (χ1) is 13.8. The maximum atomic E-state index is 10.6. The molecule has 0 unspecified atom stereocenters. The summed E-state index contributed by atoms with van der Waals surface area (Å²) in [5.74, 6) is 1.13. The lowest BCUT2D eigenvalue weighted by Gasteiger charge is -2.12. The quantitative estimate of drug-likeness (QED) is 0.442. The fraction of sp³-hybridized carbons (Fsp3) is 0.227. The van der Waals surface area contributed by atoms with Gasteiger partial charge in [0.25, 0.3) is 0 Å². The molecule has 2 N–H and O–H groups in total. The minimum absolute atomic E-state index is 0.179. The van der Waals surface area contributed by atoms with Crippen LogP contribution in [0.1, 0.15) is 28.2 Å². The van der Waals surface area contributed by atoms with Crippen LogP contribution in [0.15, 0.2) is 40.6 Å². The van der Waals surface area contributed by atoms with Gasteiger partial charge in [0.2, 0.25) is 5.95 Å². The number of azo groups is 1. The Hall–Kier alpha value is -3.61. The third-order valence-electron chi connectivity index (χ3n) is 5.03. The zero-order valence-corrected chi connectivity index (χ0v) is 17.1. The minimum atomic E-state index is 0.179. The Labute approximate surface area is 168 Å². The van der Waals surface area contributed by atoms with Crippen LogP contribution < -0.4 is 0 Å². The van der Waals surface area contributed by atoms with E-state index >= 15 is 0 Å². The van der Waals surface area contributed by atoms with Gasteiger partial charge in [0.15, 0.2) is 5.82 Å². The summed E-state index contributed by atoms with van der Waals surface area (Å²) in [6.45, 7) is 9.65. The fourth-order valence-corrected chi connectivity index (χ4v) is 3.42. The topological polar surface area (TPSA) is 99.4 Å². The van der Waals surface area contributed by atoms with E-state index in [2.05, 4.69) is 30.2 Å². The number of aromatic nitrogens is 4. The van der Waals surface area contributed by atoms with Crippen molar-refractivity contribution in [2.75, 3.05) is 0 Å². The molecule has 146 valence electrons. The Morgan fingerprint density at radius 1 is 0.862 bits per heavy atom. The molecule has 0 aliphatic heterocycles. The number of imidazole rings is 1. The number of phenols is 1. The number of hydrogen-bond acceptors (Lipinski definition) is 6. The third kappa shape index (κ3) is 3.35. The number of H-pyrrole nitrogens is 1. The Bertz CT molecular complexity index is 1250. The number of phenolic OH excluding ortho intramolecular Hbond substituents is 1. The van der Waals surface area contributed by atoms with Crippen molar-refractivity contribution in [3.8, 4) is 17.1 Å². The molecule has 0 amide bonds. The maximum Gasteiger partial charge on any atom is 0.247 e. The molecular weight excluding hydrogens is 364 g/mol. The van der Waals surface area contributed by atoms with Gasteiger partial charge in [0, 0.05) is 22.3 Å². The molecule has 0 radical (unpaired) electrons. The number of aryl methyl sites for hydroxylation is 5. The van der Waals surface area contributed by atoms with E-state index < -0.39 is 0 Å². The van der Waals surface area contributed by atoms with E-state index in [9.17, 15) is 5.11 Å². The first-order valence-electron chi connectivity index (χ1n) is 9.37. The zero-order chi connectivity index (χ0) is 20.7. The number of benzene rings is 2. The maximum absolute atomic E-state index is 10.6. The van der Waals surface area contributed by atoms with Gasteiger partial charge in [-0.05, 0) is 57.9 Å². The summed E-state index contributed by atoms with van der Waals surface area (Å²) in [6, 6.07) is 9.48. The summed E-state index contributed by atoms with van der Waals surface area (Å²) in [4.78, 5) is 16.8. The van der Waals surface area contributed by atoms with Crippen molar-refractivity contribution in [1.29, 1.82) is 0 Å². The molecule has 29 heavy (non-hydrogen) atoms. The van der Waals surface area contributed by atoms with Gasteiger partial charge in [0.1, 0.15) is 11.3 Å². The van der Waals surface area contributed by atoms with Crippen LogP contribution in [0.4, 0.5) is 11.6 Å². The summed E-state index contributed by atoms with van der Waals surface area (Å²) in [7, 11) is 0. The SMILES string of the molecule is Cc1cc(C)c2c(C)nc(-c3ccccc3N=Nc3nc(C)c(C)[nH]3)nc2c1O. The summed E-state index contributed by atoms with van der Waals surface area (Å²) in [6.07, 6.45) is 0. The molecule has 0 spiro atoms. The monoisotopic (exact) mass is 386 g/mol. The Balaban J connectivity index is 1.86. The highest BCUT2D eigenvalue weighted by atomic mass is 16.3. The van der Waals surface area contributed by atoms with Gasteiger partial charge in [0.05, 0.1) is 11.4 Å². The summed E-state index contributed by atoms with van der Waals surface area (Å²) in [5, 5.41) is 20.0. The minimum Gasteiger partial charge on any atom is -0.505 e. The number of aromatic hydroxyl groups is 1. The second-order valence-electron chi connectivity index (χ2n) is 7.20. The van der Waals surface area contributed by atoms with Crippen molar-refractivity contribution < 1.29 is 5.11 Å². The lowest BCUT2D eigenvalue weighted by molar-refractivity contribution is 0.476. The normalized spacial score (nSPS) is 11.6. The molecule has 2 aromatic carbocycles. The van der Waals surface area contributed by atoms with Crippen molar-refractivity contribution in [3.05, 3.63) is 58.5 Å². The van der Waals surface area contributed by atoms with Crippen molar-refractivity contribution in [2.45, 2.75) is 34.6 Å². The molecule has 2 heterocycles. The molecular formula is C22H22N6O. The third-order valence-corrected chi connectivity index (χ3v) is 5.03. The number of rotatable bonds is 3. The van der Waals surface area contributed by atoms with Crippen LogP contribution in [0.25, 0.3) is 22.3 Å². The number of nitrogens with zero attached hydrogens (tertiary/aromatic N) is 5. The number of hydrogen-bond donors (Lipinski definition) is 2. The van der Waals surface area contributed by atoms with E-state index in [-0.39, 0.29) is 5.75 Å². The van der Waals surface area contributed by atoms with Gasteiger partial charge < -0.3 is 10.1 Å². The van der Waals surface area contributed by atoms with Crippen molar-refractivity contribution in [3.63, 3.8) is 0 Å². The first kappa shape index (κ1) is 18.7. The molecule has 4 rings (SSSR count). The van der Waals surface area contributed by atoms with Gasteiger partial charge in [-0.1, -0.05) is 18.2 Å². The van der Waals surface area contributed by atoms with E-state index in [4.69, 9.17) is 0 Å². The first-order valence-corrected chi connectivity index (χ1v) is 9.37. The van der Waals surface area contributed by atoms with Crippen LogP contribution in [-0.2, 0) is 0 Å². The summed E-state index contributed by atoms with van der Waals surface area (Å²) >= 11 is 0. The smallest absolute Gasteiger partial charge is 0.247 e. The summed E-state index contributed by atoms with van der Waals surface area (Å²) < 4.78 is 0. The van der Waals surface area contributed by atoms with Crippen molar-refractivity contribution in [2.24, 2.45) is 10.2 Å². The zero-order valence-electron chi connectivity index (χ0n) is 17.1. The number of nitrogens with one attached hydrogen (secondary N) is 1. The Morgan fingerprint density at radius 2 is 1.62 bits per heavy atom. The van der Waals surface area contributed by atoms with Gasteiger partial charge >= 0.3 is 0 Å². The molecule has 0 saturated carbocycles. The molecule has 0 bridgehead atoms. The van der Waals surface area contributed by atoms with Crippen LogP contribution in [0.2, 0.25) is 0 Å². The van der Waals surface area contributed by atoms with Crippen molar-refractivity contribution in [1.82, 2.24) is 19.9 Å². The van der Waals surface area contributed by atoms with Crippen LogP contribution in [0.3, 0.4) is 0 Å². The fourth-order valence-electron chi connectivity index (χ4n) is 3.42. The van der Waals surface area contributed by atoms with E-state index in [0.29, 0.717) is 23.0 Å². The molecule has 7 heteroatoms. The molecule has 0 fully saturated rings. The lowest BCUT2D eigenvalue weighted by Crippen LogP contribution is -1.97. The highest BCUT2D eigenvalue weighted by molar-refractivity contribution is 5.92. The van der Waals surface area contributed by atoms with E-state index in [1.54, 1.807) is 0 Å². The van der Waals surface area contributed by atoms with E-state index in [1.807, 2.05) is 65.0 Å². The predicted octanol–water partition coefficient (Wildman–Crippen LogP) is 5.68. The Kier molecular flexibility index (Phi) is 4.58. The molecule has 7 nitrogen and oxygen atoms in total. The van der Waals surface area contributed by atoms with E-state index in [0.717, 1.165) is 39.2 Å². The van der Waals surface area contributed by atoms with Crippen molar-refractivity contribution >= 4 is 22.5 Å². The van der Waals surface area contributed by atoms with Crippen LogP contribution in [0.5, 0.6) is 5.75 Å². The van der Waals surface area contributed by atoms with Crippen LogP contribution in [0, 0.1) is 34.6 Å². The lowest BCUT2D eigenvalue weighted by atomic mass is 10.0. The van der Waals surface area contributed by atoms with Gasteiger partial charge in [-0.2, -0.15) is 0 Å². The highest BCUT2D eigenvalue weighted by Crippen LogP contribution is 2.35. The number of aromatic amines is 1. The Morgan fingerprint density at radius 3 is 2.34 bits per heavy atom. The summed E-state index contributed by atoms with van der Waals surface area (Å²) in [5.41, 5.74) is 6.40. The van der Waals surface area contributed by atoms with Crippen LogP contribution >= 0.6 is 0 Å².